The van der Waals surface area contributed by atoms with Gasteiger partial charge in [-0.05, 0) is 30.3 Å². The van der Waals surface area contributed by atoms with Crippen LogP contribution in [0.25, 0.3) is 5.69 Å². The number of carbonyl (C=O) groups is 1. The summed E-state index contributed by atoms with van der Waals surface area (Å²) < 4.78 is 24.0. The van der Waals surface area contributed by atoms with E-state index in [4.69, 9.17) is 11.6 Å². The fourth-order valence-corrected chi connectivity index (χ4v) is 2.53. The Labute approximate surface area is 128 Å². The van der Waals surface area contributed by atoms with Crippen molar-refractivity contribution >= 4 is 33.0 Å². The van der Waals surface area contributed by atoms with Crippen LogP contribution in [0.5, 0.6) is 0 Å². The molecule has 5 nitrogen and oxygen atoms in total. The van der Waals surface area contributed by atoms with Gasteiger partial charge in [0.15, 0.2) is 0 Å². The minimum absolute atomic E-state index is 0.0768. The average Bonchev–Trinajstić information content (AvgIpc) is 2.91. The molecule has 112 valence electrons. The first kappa shape index (κ1) is 15.6. The predicted octanol–water partition coefficient (Wildman–Crippen LogP) is 2.50. The molecule has 0 fully saturated rings. The molecular weight excluding hydrogens is 312 g/mol. The molecule has 21 heavy (non-hydrogen) atoms. The maximum absolute atomic E-state index is 11.8. The summed E-state index contributed by atoms with van der Waals surface area (Å²) in [6.45, 7) is 0. The number of nitrogens with one attached hydrogen (secondary N) is 1. The third-order valence-electron chi connectivity index (χ3n) is 2.82. The van der Waals surface area contributed by atoms with Gasteiger partial charge in [0.25, 0.3) is 0 Å². The monoisotopic (exact) mass is 326 g/mol. The summed E-state index contributed by atoms with van der Waals surface area (Å²) in [6.07, 6.45) is 4.69. The Balaban J connectivity index is 2.19. The number of amides is 1. The smallest absolute Gasteiger partial charge is 0.225 e. The number of hydrogen-bond acceptors (Lipinski definition) is 3. The van der Waals surface area contributed by atoms with Crippen molar-refractivity contribution in [2.45, 2.75) is 6.42 Å². The summed E-state index contributed by atoms with van der Waals surface area (Å²) in [5.41, 5.74) is 1.30. The highest BCUT2D eigenvalue weighted by Crippen LogP contribution is 2.24. The first-order valence-electron chi connectivity index (χ1n) is 6.25. The summed E-state index contributed by atoms with van der Waals surface area (Å²) in [6, 6.07) is 8.80. The molecule has 0 bridgehead atoms. The second-order valence-electron chi connectivity index (χ2n) is 4.68. The van der Waals surface area contributed by atoms with E-state index in [1.54, 1.807) is 18.2 Å². The number of hydrogen-bond donors (Lipinski definition) is 1. The second kappa shape index (κ2) is 6.32. The zero-order valence-electron chi connectivity index (χ0n) is 11.4. The number of benzene rings is 1. The van der Waals surface area contributed by atoms with Gasteiger partial charge in [-0.2, -0.15) is 0 Å². The normalized spacial score (nSPS) is 11.3. The van der Waals surface area contributed by atoms with E-state index in [1.165, 1.54) is 0 Å². The van der Waals surface area contributed by atoms with Crippen molar-refractivity contribution in [2.75, 3.05) is 17.3 Å². The van der Waals surface area contributed by atoms with Crippen LogP contribution in [0.1, 0.15) is 6.42 Å². The maximum atomic E-state index is 11.8. The lowest BCUT2D eigenvalue weighted by Crippen LogP contribution is -2.17. The van der Waals surface area contributed by atoms with Crippen molar-refractivity contribution in [2.24, 2.45) is 0 Å². The molecule has 0 saturated carbocycles. The van der Waals surface area contributed by atoms with E-state index in [9.17, 15) is 13.2 Å². The van der Waals surface area contributed by atoms with Crippen LogP contribution < -0.4 is 5.32 Å². The fraction of sp³-hybridized carbons (Fsp3) is 0.214. The molecule has 1 aromatic carbocycles. The molecule has 1 heterocycles. The Bertz CT molecular complexity index is 740. The molecule has 0 radical (unpaired) electrons. The van der Waals surface area contributed by atoms with E-state index < -0.39 is 9.84 Å². The first-order chi connectivity index (χ1) is 9.85. The summed E-state index contributed by atoms with van der Waals surface area (Å²) in [7, 11) is -3.16. The van der Waals surface area contributed by atoms with Crippen molar-refractivity contribution in [1.82, 2.24) is 4.57 Å². The van der Waals surface area contributed by atoms with Gasteiger partial charge >= 0.3 is 0 Å². The summed E-state index contributed by atoms with van der Waals surface area (Å²) >= 11 is 5.99. The van der Waals surface area contributed by atoms with Gasteiger partial charge in [-0.1, -0.05) is 11.6 Å². The van der Waals surface area contributed by atoms with Crippen LogP contribution in [0.2, 0.25) is 5.02 Å². The molecule has 1 N–H and O–H groups in total. The quantitative estimate of drug-likeness (QED) is 0.918. The minimum Gasteiger partial charge on any atom is -0.324 e. The lowest BCUT2D eigenvalue weighted by Gasteiger charge is -2.12. The van der Waals surface area contributed by atoms with Crippen molar-refractivity contribution in [3.05, 3.63) is 47.7 Å². The number of anilines is 1. The van der Waals surface area contributed by atoms with Crippen LogP contribution in [0, 0.1) is 0 Å². The highest BCUT2D eigenvalue weighted by Gasteiger charge is 2.11. The molecule has 0 aliphatic rings. The van der Waals surface area contributed by atoms with Gasteiger partial charge < -0.3 is 9.88 Å². The zero-order chi connectivity index (χ0) is 15.5. The van der Waals surface area contributed by atoms with E-state index in [1.807, 2.05) is 29.1 Å². The van der Waals surface area contributed by atoms with E-state index in [0.29, 0.717) is 10.7 Å². The van der Waals surface area contributed by atoms with Gasteiger partial charge in [0.05, 0.1) is 17.1 Å². The lowest BCUT2D eigenvalue weighted by molar-refractivity contribution is -0.115. The van der Waals surface area contributed by atoms with Gasteiger partial charge in [-0.15, -0.1) is 0 Å². The van der Waals surface area contributed by atoms with Gasteiger partial charge in [-0.25, -0.2) is 8.42 Å². The number of aromatic nitrogens is 1. The third kappa shape index (κ3) is 4.61. The zero-order valence-corrected chi connectivity index (χ0v) is 13.0. The lowest BCUT2D eigenvalue weighted by atomic mass is 10.2. The molecule has 0 aliphatic heterocycles. The number of sulfone groups is 1. The van der Waals surface area contributed by atoms with Gasteiger partial charge in [0, 0.05) is 30.1 Å². The average molecular weight is 327 g/mol. The van der Waals surface area contributed by atoms with Gasteiger partial charge in [0.2, 0.25) is 5.91 Å². The summed E-state index contributed by atoms with van der Waals surface area (Å²) in [4.78, 5) is 11.8. The number of nitrogens with zero attached hydrogens (tertiary/aromatic N) is 1. The number of carbonyl (C=O) groups excluding carboxylic acids is 1. The number of rotatable bonds is 5. The topological polar surface area (TPSA) is 68.2 Å². The van der Waals surface area contributed by atoms with Crippen LogP contribution >= 0.6 is 11.6 Å². The van der Waals surface area contributed by atoms with Crippen LogP contribution in [0.3, 0.4) is 0 Å². The Morgan fingerprint density at radius 1 is 1.29 bits per heavy atom. The third-order valence-corrected chi connectivity index (χ3v) is 4.00. The minimum atomic E-state index is -3.16. The Hall–Kier alpha value is -1.79. The van der Waals surface area contributed by atoms with Crippen LogP contribution in [0.4, 0.5) is 5.69 Å². The maximum Gasteiger partial charge on any atom is 0.225 e. The van der Waals surface area contributed by atoms with Gasteiger partial charge in [-0.3, -0.25) is 4.79 Å². The summed E-state index contributed by atoms with van der Waals surface area (Å²) in [5.74, 6) is -0.526. The van der Waals surface area contributed by atoms with Gasteiger partial charge in [0.1, 0.15) is 9.84 Å². The predicted molar refractivity (Wildman–Crippen MR) is 83.7 cm³/mol. The summed E-state index contributed by atoms with van der Waals surface area (Å²) in [5, 5.41) is 3.26. The van der Waals surface area contributed by atoms with Crippen molar-refractivity contribution in [1.29, 1.82) is 0 Å². The highest BCUT2D eigenvalue weighted by atomic mass is 35.5. The molecule has 0 spiro atoms. The van der Waals surface area contributed by atoms with E-state index in [-0.39, 0.29) is 18.1 Å². The van der Waals surface area contributed by atoms with Crippen molar-refractivity contribution in [3.8, 4) is 5.69 Å². The molecule has 0 saturated heterocycles. The Morgan fingerprint density at radius 2 is 1.95 bits per heavy atom. The standard InChI is InChI=1S/C14H15ClN2O3S/c1-21(19,20)9-6-14(18)16-12-5-4-11(15)10-13(12)17-7-2-3-8-17/h2-5,7-8,10H,6,9H2,1H3,(H,16,18). The molecule has 1 amide bonds. The van der Waals surface area contributed by atoms with E-state index in [2.05, 4.69) is 5.32 Å². The SMILES string of the molecule is CS(=O)(=O)CCC(=O)Nc1ccc(Cl)cc1-n1cccc1. The van der Waals surface area contributed by atoms with Crippen LogP contribution in [0.15, 0.2) is 42.7 Å². The second-order valence-corrected chi connectivity index (χ2v) is 7.38. The molecule has 2 rings (SSSR count). The Kier molecular flexibility index (Phi) is 4.69. The Morgan fingerprint density at radius 3 is 2.57 bits per heavy atom. The number of halogens is 1. The van der Waals surface area contributed by atoms with Crippen molar-refractivity contribution in [3.63, 3.8) is 0 Å². The fourth-order valence-electron chi connectivity index (χ4n) is 1.81. The molecule has 7 heteroatoms. The molecule has 0 atom stereocenters. The molecule has 1 aromatic heterocycles. The molecular formula is C14H15ClN2O3S. The van der Waals surface area contributed by atoms with E-state index >= 15 is 0 Å². The molecule has 0 aliphatic carbocycles. The first-order valence-corrected chi connectivity index (χ1v) is 8.69. The van der Waals surface area contributed by atoms with Crippen molar-refractivity contribution < 1.29 is 13.2 Å². The van der Waals surface area contributed by atoms with Crippen LogP contribution in [-0.4, -0.2) is 30.9 Å². The highest BCUT2D eigenvalue weighted by molar-refractivity contribution is 7.90. The van der Waals surface area contributed by atoms with Crippen LogP contribution in [-0.2, 0) is 14.6 Å². The largest absolute Gasteiger partial charge is 0.324 e. The molecule has 2 aromatic rings. The van der Waals surface area contributed by atoms with E-state index in [0.717, 1.165) is 11.9 Å². The molecule has 0 unspecified atom stereocenters.